The molecule has 1 aliphatic heterocycles. The minimum absolute atomic E-state index is 0.241. The van der Waals surface area contributed by atoms with Crippen LogP contribution in [0.25, 0.3) is 0 Å². The van der Waals surface area contributed by atoms with Crippen molar-refractivity contribution in [1.29, 1.82) is 0 Å². The van der Waals surface area contributed by atoms with Crippen molar-refractivity contribution < 1.29 is 14.6 Å². The summed E-state index contributed by atoms with van der Waals surface area (Å²) in [5, 5.41) is 17.4. The maximum absolute atomic E-state index is 9.98. The number of benzene rings is 1. The predicted molar refractivity (Wildman–Crippen MR) is 132 cm³/mol. The molecule has 0 spiro atoms. The SMILES string of the molecule is CCc1cc(C2=NNC(c3cnc(N(CC)CC)c(C)c3)O2)cc(C)c1OC[C@@H](O)CNC. The van der Waals surface area contributed by atoms with Gasteiger partial charge in [0.1, 0.15) is 24.3 Å². The summed E-state index contributed by atoms with van der Waals surface area (Å²) in [6.45, 7) is 13.0. The second-order valence-electron chi connectivity index (χ2n) is 8.28. The lowest BCUT2D eigenvalue weighted by atomic mass is 10.0. The molecular formula is C25H37N5O3. The molecule has 2 heterocycles. The second-order valence-corrected chi connectivity index (χ2v) is 8.28. The number of aliphatic hydroxyl groups is 1. The number of aromatic nitrogens is 1. The standard InChI is InChI=1S/C25H37N5O3/c1-7-18-12-19(10-16(4)22(18)32-15-21(31)14-26-6)24-28-29-25(33-24)20-11-17(5)23(27-13-20)30(8-2)9-3/h10-13,21,25-26,29,31H,7-9,14-15H2,1-6H3/t21-,25?/m0/s1. The lowest BCUT2D eigenvalue weighted by Gasteiger charge is -2.22. The number of nitrogens with zero attached hydrogens (tertiary/aromatic N) is 3. The molecule has 0 amide bonds. The van der Waals surface area contributed by atoms with E-state index in [1.807, 2.05) is 25.3 Å². The number of likely N-dealkylation sites (N-methyl/N-ethyl adjacent to an activating group) is 1. The normalized spacial score (nSPS) is 16.1. The first-order valence-corrected chi connectivity index (χ1v) is 11.7. The highest BCUT2D eigenvalue weighted by Crippen LogP contribution is 2.30. The van der Waals surface area contributed by atoms with Crippen LogP contribution in [0.3, 0.4) is 0 Å². The zero-order valence-corrected chi connectivity index (χ0v) is 20.6. The van der Waals surface area contributed by atoms with Crippen LogP contribution in [0.5, 0.6) is 5.75 Å². The van der Waals surface area contributed by atoms with Gasteiger partial charge in [0.05, 0.1) is 0 Å². The summed E-state index contributed by atoms with van der Waals surface area (Å²) in [7, 11) is 1.81. The number of ether oxygens (including phenoxy) is 2. The third kappa shape index (κ3) is 5.75. The molecule has 0 saturated heterocycles. The van der Waals surface area contributed by atoms with Gasteiger partial charge in [-0.2, -0.15) is 0 Å². The number of aryl methyl sites for hydroxylation is 3. The summed E-state index contributed by atoms with van der Waals surface area (Å²) in [6, 6.07) is 6.16. The third-order valence-electron chi connectivity index (χ3n) is 5.79. The average molecular weight is 456 g/mol. The van der Waals surface area contributed by atoms with Gasteiger partial charge in [0, 0.05) is 37.0 Å². The van der Waals surface area contributed by atoms with Crippen LogP contribution in [-0.4, -0.2) is 55.4 Å². The van der Waals surface area contributed by atoms with Crippen molar-refractivity contribution >= 4 is 11.7 Å². The van der Waals surface area contributed by atoms with E-state index in [1.54, 1.807) is 7.05 Å². The van der Waals surface area contributed by atoms with Crippen molar-refractivity contribution in [3.8, 4) is 5.75 Å². The molecule has 2 atom stereocenters. The van der Waals surface area contributed by atoms with E-state index in [-0.39, 0.29) is 12.8 Å². The van der Waals surface area contributed by atoms with E-state index in [2.05, 4.69) is 59.5 Å². The minimum atomic E-state index is -0.559. The van der Waals surface area contributed by atoms with E-state index in [0.717, 1.165) is 58.9 Å². The molecule has 33 heavy (non-hydrogen) atoms. The third-order valence-corrected chi connectivity index (χ3v) is 5.79. The summed E-state index contributed by atoms with van der Waals surface area (Å²) in [6.07, 6.45) is 1.71. The van der Waals surface area contributed by atoms with Crippen LogP contribution in [0.4, 0.5) is 5.82 Å². The zero-order valence-electron chi connectivity index (χ0n) is 20.6. The number of anilines is 1. The molecule has 8 nitrogen and oxygen atoms in total. The van der Waals surface area contributed by atoms with Gasteiger partial charge in [-0.15, -0.1) is 5.10 Å². The largest absolute Gasteiger partial charge is 0.490 e. The Hall–Kier alpha value is -2.84. The smallest absolute Gasteiger partial charge is 0.240 e. The van der Waals surface area contributed by atoms with Crippen molar-refractivity contribution in [2.45, 2.75) is 53.4 Å². The predicted octanol–water partition coefficient (Wildman–Crippen LogP) is 3.05. The zero-order chi connectivity index (χ0) is 24.0. The maximum Gasteiger partial charge on any atom is 0.240 e. The van der Waals surface area contributed by atoms with E-state index < -0.39 is 6.10 Å². The van der Waals surface area contributed by atoms with Crippen LogP contribution in [0, 0.1) is 13.8 Å². The van der Waals surface area contributed by atoms with Gasteiger partial charge in [0.15, 0.2) is 0 Å². The Bertz CT molecular complexity index is 975. The van der Waals surface area contributed by atoms with Crippen molar-refractivity contribution in [3.63, 3.8) is 0 Å². The van der Waals surface area contributed by atoms with Crippen molar-refractivity contribution in [3.05, 3.63) is 52.2 Å². The lowest BCUT2D eigenvalue weighted by molar-refractivity contribution is 0.107. The number of pyridine rings is 1. The number of hydrogen-bond acceptors (Lipinski definition) is 8. The van der Waals surface area contributed by atoms with E-state index in [4.69, 9.17) is 9.47 Å². The summed E-state index contributed by atoms with van der Waals surface area (Å²) in [5.74, 6) is 2.36. The summed E-state index contributed by atoms with van der Waals surface area (Å²) in [4.78, 5) is 6.91. The number of hydrazone groups is 1. The van der Waals surface area contributed by atoms with Crippen LogP contribution in [0.2, 0.25) is 0 Å². The minimum Gasteiger partial charge on any atom is -0.490 e. The van der Waals surface area contributed by atoms with E-state index in [9.17, 15) is 5.11 Å². The highest BCUT2D eigenvalue weighted by molar-refractivity contribution is 5.95. The Morgan fingerprint density at radius 1 is 1.18 bits per heavy atom. The van der Waals surface area contributed by atoms with E-state index >= 15 is 0 Å². The first-order chi connectivity index (χ1) is 15.9. The molecule has 1 aliphatic rings. The molecular weight excluding hydrogens is 418 g/mol. The van der Waals surface area contributed by atoms with Gasteiger partial charge >= 0.3 is 0 Å². The number of rotatable bonds is 11. The van der Waals surface area contributed by atoms with Gasteiger partial charge in [-0.05, 0) is 76.1 Å². The maximum atomic E-state index is 9.98. The van der Waals surface area contributed by atoms with Crippen LogP contribution in [0.1, 0.15) is 54.8 Å². The first kappa shape index (κ1) is 24.8. The molecule has 0 radical (unpaired) electrons. The van der Waals surface area contributed by atoms with Gasteiger partial charge < -0.3 is 24.8 Å². The van der Waals surface area contributed by atoms with Gasteiger partial charge in [-0.3, -0.25) is 5.43 Å². The van der Waals surface area contributed by atoms with Crippen molar-refractivity contribution in [2.24, 2.45) is 5.10 Å². The Kier molecular flexibility index (Phi) is 8.52. The Morgan fingerprint density at radius 3 is 2.58 bits per heavy atom. The molecule has 8 heteroatoms. The van der Waals surface area contributed by atoms with Gasteiger partial charge in [0.2, 0.25) is 12.1 Å². The fraction of sp³-hybridized carbons (Fsp3) is 0.520. The molecule has 0 bridgehead atoms. The molecule has 180 valence electrons. The van der Waals surface area contributed by atoms with E-state index in [0.29, 0.717) is 12.4 Å². The molecule has 1 aromatic heterocycles. The van der Waals surface area contributed by atoms with Crippen molar-refractivity contribution in [1.82, 2.24) is 15.7 Å². The molecule has 0 fully saturated rings. The van der Waals surface area contributed by atoms with Gasteiger partial charge in [0.25, 0.3) is 0 Å². The number of aliphatic hydroxyl groups excluding tert-OH is 1. The molecule has 2 aromatic rings. The van der Waals surface area contributed by atoms with Crippen LogP contribution in [0.15, 0.2) is 29.5 Å². The Balaban J connectivity index is 1.74. The van der Waals surface area contributed by atoms with E-state index in [1.165, 1.54) is 0 Å². The lowest BCUT2D eigenvalue weighted by Crippen LogP contribution is -2.29. The Labute approximate surface area is 197 Å². The topological polar surface area (TPSA) is 91.2 Å². The summed E-state index contributed by atoms with van der Waals surface area (Å²) in [5.41, 5.74) is 8.07. The Morgan fingerprint density at radius 2 is 1.94 bits per heavy atom. The number of nitrogens with one attached hydrogen (secondary N) is 2. The molecule has 3 N–H and O–H groups in total. The number of hydrogen-bond donors (Lipinski definition) is 3. The average Bonchev–Trinajstić information content (AvgIpc) is 3.30. The van der Waals surface area contributed by atoms with Gasteiger partial charge in [-0.25, -0.2) is 4.98 Å². The van der Waals surface area contributed by atoms with Crippen LogP contribution in [-0.2, 0) is 11.2 Å². The fourth-order valence-electron chi connectivity index (χ4n) is 4.06. The second kappa shape index (κ2) is 11.3. The molecule has 0 saturated carbocycles. The quantitative estimate of drug-likeness (QED) is 0.480. The fourth-order valence-corrected chi connectivity index (χ4v) is 4.06. The highest BCUT2D eigenvalue weighted by atomic mass is 16.5. The van der Waals surface area contributed by atoms with Gasteiger partial charge in [-0.1, -0.05) is 6.92 Å². The summed E-state index contributed by atoms with van der Waals surface area (Å²) >= 11 is 0. The molecule has 1 aromatic carbocycles. The van der Waals surface area contributed by atoms with Crippen LogP contribution < -0.4 is 20.4 Å². The van der Waals surface area contributed by atoms with Crippen LogP contribution >= 0.6 is 0 Å². The first-order valence-electron chi connectivity index (χ1n) is 11.7. The highest BCUT2D eigenvalue weighted by Gasteiger charge is 2.25. The monoisotopic (exact) mass is 455 g/mol. The molecule has 1 unspecified atom stereocenters. The molecule has 0 aliphatic carbocycles. The van der Waals surface area contributed by atoms with Crippen molar-refractivity contribution in [2.75, 3.05) is 38.2 Å². The summed E-state index contributed by atoms with van der Waals surface area (Å²) < 4.78 is 12.1. The molecule has 3 rings (SSSR count).